The van der Waals surface area contributed by atoms with Gasteiger partial charge in [0.1, 0.15) is 0 Å². The molecule has 0 spiro atoms. The molecule has 1 heterocycles. The van der Waals surface area contributed by atoms with Gasteiger partial charge in [0.2, 0.25) is 5.91 Å². The molecule has 0 saturated carbocycles. The summed E-state index contributed by atoms with van der Waals surface area (Å²) < 4.78 is 0. The molecule has 2 rings (SSSR count). The standard InChI is InChI=1S/C12H14N4O/c1-9-4-3-5-10(6-9)7-12(17)14-11-8-13-16(2)15-11/h3-6,8H,7H2,1-2H3,(H,14,15,17). The Hall–Kier alpha value is -2.17. The van der Waals surface area contributed by atoms with Gasteiger partial charge in [0.15, 0.2) is 5.82 Å². The Labute approximate surface area is 99.5 Å². The minimum Gasteiger partial charge on any atom is -0.308 e. The number of benzene rings is 1. The van der Waals surface area contributed by atoms with Crippen molar-refractivity contribution in [3.63, 3.8) is 0 Å². The number of aromatic nitrogens is 3. The number of nitrogens with zero attached hydrogens (tertiary/aromatic N) is 3. The lowest BCUT2D eigenvalue weighted by Crippen LogP contribution is -2.15. The third-order valence-corrected chi connectivity index (χ3v) is 2.31. The molecule has 1 aromatic heterocycles. The number of rotatable bonds is 3. The first-order valence-electron chi connectivity index (χ1n) is 5.35. The van der Waals surface area contributed by atoms with Gasteiger partial charge >= 0.3 is 0 Å². The number of carbonyl (C=O) groups excluding carboxylic acids is 1. The Balaban J connectivity index is 1.98. The summed E-state index contributed by atoms with van der Waals surface area (Å²) >= 11 is 0. The fourth-order valence-electron chi connectivity index (χ4n) is 1.60. The first kappa shape index (κ1) is 11.3. The average molecular weight is 230 g/mol. The summed E-state index contributed by atoms with van der Waals surface area (Å²) in [5.41, 5.74) is 2.14. The highest BCUT2D eigenvalue weighted by atomic mass is 16.1. The molecule has 0 saturated heterocycles. The van der Waals surface area contributed by atoms with Gasteiger partial charge in [0, 0.05) is 7.05 Å². The maximum absolute atomic E-state index is 11.7. The number of nitrogens with one attached hydrogen (secondary N) is 1. The summed E-state index contributed by atoms with van der Waals surface area (Å²) in [6, 6.07) is 7.88. The first-order chi connectivity index (χ1) is 8.13. The second-order valence-electron chi connectivity index (χ2n) is 3.93. The second-order valence-corrected chi connectivity index (χ2v) is 3.93. The minimum absolute atomic E-state index is 0.0869. The van der Waals surface area contributed by atoms with Crippen molar-refractivity contribution in [2.24, 2.45) is 7.05 Å². The molecule has 5 heteroatoms. The van der Waals surface area contributed by atoms with E-state index in [1.54, 1.807) is 7.05 Å². The number of aryl methyl sites for hydroxylation is 2. The number of anilines is 1. The van der Waals surface area contributed by atoms with Gasteiger partial charge in [-0.3, -0.25) is 4.79 Å². The minimum atomic E-state index is -0.0869. The van der Waals surface area contributed by atoms with E-state index >= 15 is 0 Å². The topological polar surface area (TPSA) is 59.8 Å². The van der Waals surface area contributed by atoms with Gasteiger partial charge in [0.25, 0.3) is 0 Å². The number of amides is 1. The SMILES string of the molecule is Cc1cccc(CC(=O)Nc2cnn(C)n2)c1. The van der Waals surface area contributed by atoms with E-state index in [1.165, 1.54) is 11.0 Å². The molecule has 1 aromatic carbocycles. The molecule has 2 aromatic rings. The van der Waals surface area contributed by atoms with Gasteiger partial charge < -0.3 is 5.32 Å². The molecule has 0 aliphatic carbocycles. The van der Waals surface area contributed by atoms with Gasteiger partial charge in [-0.2, -0.15) is 9.90 Å². The number of hydrogen-bond acceptors (Lipinski definition) is 3. The lowest BCUT2D eigenvalue weighted by Gasteiger charge is -2.02. The van der Waals surface area contributed by atoms with Crippen molar-refractivity contribution in [1.82, 2.24) is 15.0 Å². The summed E-state index contributed by atoms with van der Waals surface area (Å²) in [4.78, 5) is 13.1. The van der Waals surface area contributed by atoms with Gasteiger partial charge in [-0.15, -0.1) is 5.10 Å². The van der Waals surface area contributed by atoms with Gasteiger partial charge in [0.05, 0.1) is 12.6 Å². The molecule has 0 bridgehead atoms. The Bertz CT molecular complexity index is 533. The second kappa shape index (κ2) is 4.78. The van der Waals surface area contributed by atoms with E-state index in [0.29, 0.717) is 12.2 Å². The molecule has 0 unspecified atom stereocenters. The summed E-state index contributed by atoms with van der Waals surface area (Å²) in [7, 11) is 1.70. The van der Waals surface area contributed by atoms with Crippen molar-refractivity contribution in [3.8, 4) is 0 Å². The van der Waals surface area contributed by atoms with E-state index in [9.17, 15) is 4.79 Å². The molecule has 5 nitrogen and oxygen atoms in total. The molecule has 88 valence electrons. The highest BCUT2D eigenvalue weighted by molar-refractivity contribution is 5.91. The van der Waals surface area contributed by atoms with Crippen LogP contribution in [0, 0.1) is 6.92 Å². The Kier molecular flexibility index (Phi) is 3.18. The predicted molar refractivity (Wildman–Crippen MR) is 64.5 cm³/mol. The summed E-state index contributed by atoms with van der Waals surface area (Å²) in [6.07, 6.45) is 1.87. The van der Waals surface area contributed by atoms with Crippen molar-refractivity contribution in [3.05, 3.63) is 41.6 Å². The predicted octanol–water partition coefficient (Wildman–Crippen LogP) is 1.30. The molecule has 0 aliphatic rings. The van der Waals surface area contributed by atoms with Crippen LogP contribution in [0.25, 0.3) is 0 Å². The molecule has 0 aliphatic heterocycles. The van der Waals surface area contributed by atoms with Crippen molar-refractivity contribution in [2.45, 2.75) is 13.3 Å². The smallest absolute Gasteiger partial charge is 0.230 e. The lowest BCUT2D eigenvalue weighted by molar-refractivity contribution is -0.115. The maximum Gasteiger partial charge on any atom is 0.230 e. The van der Waals surface area contributed by atoms with Crippen LogP contribution in [0.4, 0.5) is 5.82 Å². The molecule has 0 fully saturated rings. The molecular weight excluding hydrogens is 216 g/mol. The third kappa shape index (κ3) is 3.14. The zero-order chi connectivity index (χ0) is 12.3. The van der Waals surface area contributed by atoms with E-state index in [-0.39, 0.29) is 5.91 Å². The van der Waals surface area contributed by atoms with E-state index in [4.69, 9.17) is 0 Å². The van der Waals surface area contributed by atoms with Crippen LogP contribution in [0.2, 0.25) is 0 Å². The van der Waals surface area contributed by atoms with Crippen LogP contribution >= 0.6 is 0 Å². The highest BCUT2D eigenvalue weighted by Gasteiger charge is 2.06. The molecule has 0 radical (unpaired) electrons. The number of carbonyl (C=O) groups is 1. The fraction of sp³-hybridized carbons (Fsp3) is 0.250. The van der Waals surface area contributed by atoms with Crippen LogP contribution in [0.15, 0.2) is 30.5 Å². The normalized spacial score (nSPS) is 10.2. The molecular formula is C12H14N4O. The summed E-state index contributed by atoms with van der Waals surface area (Å²) in [5.74, 6) is 0.390. The van der Waals surface area contributed by atoms with Crippen molar-refractivity contribution >= 4 is 11.7 Å². The van der Waals surface area contributed by atoms with Crippen LogP contribution in [0.5, 0.6) is 0 Å². The third-order valence-electron chi connectivity index (χ3n) is 2.31. The van der Waals surface area contributed by atoms with E-state index in [1.807, 2.05) is 31.2 Å². The monoisotopic (exact) mass is 230 g/mol. The van der Waals surface area contributed by atoms with Crippen LogP contribution < -0.4 is 5.32 Å². The molecule has 17 heavy (non-hydrogen) atoms. The van der Waals surface area contributed by atoms with Crippen LogP contribution in [0.1, 0.15) is 11.1 Å². The molecule has 0 atom stereocenters. The largest absolute Gasteiger partial charge is 0.308 e. The van der Waals surface area contributed by atoms with Crippen molar-refractivity contribution < 1.29 is 4.79 Å². The quantitative estimate of drug-likeness (QED) is 0.864. The van der Waals surface area contributed by atoms with Crippen LogP contribution in [-0.2, 0) is 18.3 Å². The molecule has 1 N–H and O–H groups in total. The van der Waals surface area contributed by atoms with Crippen LogP contribution in [-0.4, -0.2) is 20.9 Å². The van der Waals surface area contributed by atoms with Gasteiger partial charge in [-0.05, 0) is 12.5 Å². The van der Waals surface area contributed by atoms with E-state index in [0.717, 1.165) is 11.1 Å². The van der Waals surface area contributed by atoms with Crippen molar-refractivity contribution in [1.29, 1.82) is 0 Å². The Morgan fingerprint density at radius 3 is 2.94 bits per heavy atom. The number of hydrogen-bond donors (Lipinski definition) is 1. The zero-order valence-electron chi connectivity index (χ0n) is 9.84. The maximum atomic E-state index is 11.7. The molecule has 1 amide bonds. The first-order valence-corrected chi connectivity index (χ1v) is 5.35. The van der Waals surface area contributed by atoms with Crippen molar-refractivity contribution in [2.75, 3.05) is 5.32 Å². The van der Waals surface area contributed by atoms with Gasteiger partial charge in [-0.1, -0.05) is 29.8 Å². The Morgan fingerprint density at radius 2 is 2.29 bits per heavy atom. The average Bonchev–Trinajstić information content (AvgIpc) is 2.63. The summed E-state index contributed by atoms with van der Waals surface area (Å²) in [5, 5.41) is 10.6. The van der Waals surface area contributed by atoms with E-state index < -0.39 is 0 Å². The fourth-order valence-corrected chi connectivity index (χ4v) is 1.60. The highest BCUT2D eigenvalue weighted by Crippen LogP contribution is 2.06. The van der Waals surface area contributed by atoms with Crippen LogP contribution in [0.3, 0.4) is 0 Å². The van der Waals surface area contributed by atoms with E-state index in [2.05, 4.69) is 15.5 Å². The van der Waals surface area contributed by atoms with Gasteiger partial charge in [-0.25, -0.2) is 0 Å². The Morgan fingerprint density at radius 1 is 1.47 bits per heavy atom. The summed E-state index contributed by atoms with van der Waals surface area (Å²) in [6.45, 7) is 2.00. The lowest BCUT2D eigenvalue weighted by atomic mass is 10.1. The zero-order valence-corrected chi connectivity index (χ0v) is 9.84.